The van der Waals surface area contributed by atoms with Crippen molar-refractivity contribution in [2.75, 3.05) is 0 Å². The number of thiazole rings is 1. The number of rotatable bonds is 5. The van der Waals surface area contributed by atoms with Crippen molar-refractivity contribution >= 4 is 17.1 Å². The Labute approximate surface area is 210 Å². The molecule has 1 fully saturated rings. The summed E-state index contributed by atoms with van der Waals surface area (Å²) in [6.45, 7) is 8.15. The van der Waals surface area contributed by atoms with Crippen molar-refractivity contribution < 1.29 is 19.7 Å². The van der Waals surface area contributed by atoms with Crippen LogP contribution in [0.5, 0.6) is 5.75 Å². The van der Waals surface area contributed by atoms with Crippen LogP contribution >= 0.6 is 11.3 Å². The number of pyridine rings is 1. The van der Waals surface area contributed by atoms with E-state index in [2.05, 4.69) is 16.9 Å². The van der Waals surface area contributed by atoms with Gasteiger partial charge in [-0.1, -0.05) is 26.8 Å². The molecule has 6 nitrogen and oxygen atoms in total. The van der Waals surface area contributed by atoms with E-state index in [1.54, 1.807) is 25.5 Å². The molecule has 0 radical (unpaired) electrons. The van der Waals surface area contributed by atoms with Crippen molar-refractivity contribution in [1.82, 2.24) is 9.97 Å². The third kappa shape index (κ3) is 3.55. The zero-order valence-corrected chi connectivity index (χ0v) is 21.4. The number of aromatic nitrogens is 2. The Kier molecular flexibility index (Phi) is 5.66. The molecule has 2 aromatic heterocycles. The van der Waals surface area contributed by atoms with Gasteiger partial charge in [0.15, 0.2) is 5.78 Å². The van der Waals surface area contributed by atoms with E-state index in [1.807, 2.05) is 49.6 Å². The van der Waals surface area contributed by atoms with Gasteiger partial charge in [-0.2, -0.15) is 0 Å². The molecule has 7 heteroatoms. The summed E-state index contributed by atoms with van der Waals surface area (Å²) in [6.07, 6.45) is 6.44. The van der Waals surface area contributed by atoms with Gasteiger partial charge in [0.1, 0.15) is 23.0 Å². The van der Waals surface area contributed by atoms with Gasteiger partial charge in [-0.25, -0.2) is 4.98 Å². The summed E-state index contributed by atoms with van der Waals surface area (Å²) in [4.78, 5) is 22.3. The minimum atomic E-state index is -1.52. The predicted molar refractivity (Wildman–Crippen MR) is 134 cm³/mol. The van der Waals surface area contributed by atoms with Gasteiger partial charge in [-0.3, -0.25) is 9.78 Å². The minimum absolute atomic E-state index is 0.0407. The molecule has 5 rings (SSSR count). The van der Waals surface area contributed by atoms with Gasteiger partial charge in [0.05, 0.1) is 5.60 Å². The fourth-order valence-corrected chi connectivity index (χ4v) is 7.39. The lowest BCUT2D eigenvalue weighted by atomic mass is 9.44. The monoisotopic (exact) mass is 492 g/mol. The summed E-state index contributed by atoms with van der Waals surface area (Å²) in [5, 5.41) is 25.9. The van der Waals surface area contributed by atoms with Gasteiger partial charge in [-0.15, -0.1) is 11.3 Å². The highest BCUT2D eigenvalue weighted by Crippen LogP contribution is 2.64. The van der Waals surface area contributed by atoms with Crippen LogP contribution in [0.15, 0.2) is 54.3 Å². The Morgan fingerprint density at radius 3 is 2.51 bits per heavy atom. The van der Waals surface area contributed by atoms with E-state index < -0.39 is 22.0 Å². The Morgan fingerprint density at radius 2 is 1.86 bits per heavy atom. The fourth-order valence-electron chi connectivity index (χ4n) is 6.52. The van der Waals surface area contributed by atoms with Crippen LogP contribution in [0.25, 0.3) is 0 Å². The fraction of sp³-hybridized carbons (Fsp3) is 0.464. The molecule has 35 heavy (non-hydrogen) atoms. The summed E-state index contributed by atoms with van der Waals surface area (Å²) in [5.41, 5.74) is -1.56. The molecular weight excluding hydrogens is 460 g/mol. The maximum Gasteiger partial charge on any atom is 0.169 e. The lowest BCUT2D eigenvalue weighted by Gasteiger charge is -2.61. The lowest BCUT2D eigenvalue weighted by molar-refractivity contribution is -0.213. The van der Waals surface area contributed by atoms with Gasteiger partial charge in [0.2, 0.25) is 0 Å². The number of nitrogens with zero attached hydrogens (tertiary/aromatic N) is 2. The molecule has 0 spiro atoms. The average Bonchev–Trinajstić information content (AvgIpc) is 3.39. The Morgan fingerprint density at radius 1 is 1.11 bits per heavy atom. The van der Waals surface area contributed by atoms with E-state index in [-0.39, 0.29) is 18.1 Å². The van der Waals surface area contributed by atoms with Crippen molar-refractivity contribution in [3.63, 3.8) is 0 Å². The molecule has 2 heterocycles. The number of aliphatic hydroxyl groups is 2. The van der Waals surface area contributed by atoms with Crippen molar-refractivity contribution in [3.05, 3.63) is 76.0 Å². The first-order valence-electron chi connectivity index (χ1n) is 12.1. The van der Waals surface area contributed by atoms with Crippen LogP contribution in [0, 0.1) is 11.3 Å². The largest absolute Gasteiger partial charge is 0.489 e. The maximum atomic E-state index is 13.9. The second kappa shape index (κ2) is 8.22. The zero-order valence-electron chi connectivity index (χ0n) is 20.6. The molecule has 2 aliphatic carbocycles. The topological polar surface area (TPSA) is 92.5 Å². The molecule has 1 saturated carbocycles. The molecule has 2 N–H and O–H groups in total. The number of ketones is 1. The van der Waals surface area contributed by atoms with Gasteiger partial charge < -0.3 is 14.9 Å². The Balaban J connectivity index is 1.58. The molecule has 4 atom stereocenters. The number of hydrogen-bond acceptors (Lipinski definition) is 7. The molecule has 0 saturated heterocycles. The van der Waals surface area contributed by atoms with E-state index in [0.717, 1.165) is 17.5 Å². The van der Waals surface area contributed by atoms with E-state index in [9.17, 15) is 15.0 Å². The smallest absolute Gasteiger partial charge is 0.169 e. The number of Topliss-reactive ketones (excluding diaryl/α,β-unsaturated/α-hetero) is 1. The van der Waals surface area contributed by atoms with Crippen molar-refractivity contribution in [3.8, 4) is 5.75 Å². The van der Waals surface area contributed by atoms with Gasteiger partial charge in [0, 0.05) is 40.4 Å². The second-order valence-corrected chi connectivity index (χ2v) is 11.7. The molecular formula is C28H32N2O4S. The van der Waals surface area contributed by atoms with Crippen molar-refractivity contribution in [1.29, 1.82) is 0 Å². The van der Waals surface area contributed by atoms with Crippen LogP contribution in [0.2, 0.25) is 0 Å². The first kappa shape index (κ1) is 24.1. The van der Waals surface area contributed by atoms with Crippen LogP contribution in [0.4, 0.5) is 0 Å². The highest BCUT2D eigenvalue weighted by Gasteiger charge is 2.66. The number of benzene rings is 1. The van der Waals surface area contributed by atoms with Crippen LogP contribution in [0.1, 0.15) is 73.4 Å². The molecule has 0 bridgehead atoms. The summed E-state index contributed by atoms with van der Waals surface area (Å²) in [5.74, 6) is 0.507. The van der Waals surface area contributed by atoms with Crippen LogP contribution < -0.4 is 4.74 Å². The molecule has 1 aromatic carbocycles. The Bertz CT molecular complexity index is 1240. The van der Waals surface area contributed by atoms with E-state index >= 15 is 0 Å². The predicted octanol–water partition coefficient (Wildman–Crippen LogP) is 5.04. The molecule has 3 aromatic rings. The van der Waals surface area contributed by atoms with E-state index in [4.69, 9.17) is 4.74 Å². The van der Waals surface area contributed by atoms with Crippen LogP contribution in [0.3, 0.4) is 0 Å². The number of fused-ring (bicyclic) bond motifs is 3. The van der Waals surface area contributed by atoms with Crippen molar-refractivity contribution in [2.24, 2.45) is 11.3 Å². The zero-order chi connectivity index (χ0) is 25.1. The number of carbonyl (C=O) groups excluding carboxylic acids is 1. The van der Waals surface area contributed by atoms with E-state index in [1.165, 1.54) is 11.3 Å². The first-order chi connectivity index (χ1) is 16.5. The van der Waals surface area contributed by atoms with Gasteiger partial charge >= 0.3 is 0 Å². The quantitative estimate of drug-likeness (QED) is 0.519. The molecule has 184 valence electrons. The van der Waals surface area contributed by atoms with Crippen molar-refractivity contribution in [2.45, 2.75) is 70.2 Å². The third-order valence-electron chi connectivity index (χ3n) is 8.52. The highest BCUT2D eigenvalue weighted by molar-refractivity contribution is 7.09. The normalized spacial score (nSPS) is 31.5. The summed E-state index contributed by atoms with van der Waals surface area (Å²) in [6, 6.07) is 9.56. The molecule has 2 aliphatic rings. The minimum Gasteiger partial charge on any atom is -0.489 e. The number of hydrogen-bond donors (Lipinski definition) is 2. The van der Waals surface area contributed by atoms with Crippen LogP contribution in [-0.4, -0.2) is 31.6 Å². The van der Waals surface area contributed by atoms with Gasteiger partial charge in [0.25, 0.3) is 0 Å². The first-order valence-corrected chi connectivity index (χ1v) is 13.0. The van der Waals surface area contributed by atoms with Gasteiger partial charge in [-0.05, 0) is 67.5 Å². The molecule has 0 unspecified atom stereocenters. The molecule has 0 aliphatic heterocycles. The third-order valence-corrected chi connectivity index (χ3v) is 9.44. The summed E-state index contributed by atoms with van der Waals surface area (Å²) >= 11 is 1.34. The standard InChI is InChI=1S/C28H32N2O4S/c1-5-27-17-26(4,32)28(33,24-30-12-13-35-24)15-22(27)25(2,3)23(31)20-14-19(6-7-21(20)27)34-16-18-8-10-29-11-9-18/h6-14,22,32-33H,5,15-17H2,1-4H3/t22-,26+,27-,28-/m0/s1. The number of ether oxygens (including phenoxy) is 1. The SMILES string of the molecule is CC[C@@]12C[C@@](C)(O)[C@@](O)(c3nccs3)C[C@H]1C(C)(C)C(=O)c1cc(OCc3ccncc3)ccc12. The second-order valence-electron chi connectivity index (χ2n) is 10.8. The summed E-state index contributed by atoms with van der Waals surface area (Å²) < 4.78 is 6.02. The lowest BCUT2D eigenvalue weighted by Crippen LogP contribution is -2.66. The molecule has 0 amide bonds. The average molecular weight is 493 g/mol. The highest BCUT2D eigenvalue weighted by atomic mass is 32.1. The number of carbonyl (C=O) groups is 1. The Hall–Kier alpha value is -2.61. The maximum absolute atomic E-state index is 13.9. The van der Waals surface area contributed by atoms with Crippen LogP contribution in [-0.2, 0) is 17.6 Å². The summed E-state index contributed by atoms with van der Waals surface area (Å²) in [7, 11) is 0. The van der Waals surface area contributed by atoms with E-state index in [0.29, 0.717) is 29.3 Å².